The Morgan fingerprint density at radius 1 is 1.17 bits per heavy atom. The van der Waals surface area contributed by atoms with E-state index >= 15 is 0 Å². The summed E-state index contributed by atoms with van der Waals surface area (Å²) in [5.41, 5.74) is 1.11. The summed E-state index contributed by atoms with van der Waals surface area (Å²) in [4.78, 5) is 10.5. The third-order valence-electron chi connectivity index (χ3n) is 2.46. The molecular weight excluding hydrogens is 256 g/mol. The van der Waals surface area contributed by atoms with Crippen molar-refractivity contribution in [2.75, 3.05) is 25.4 Å². The van der Waals surface area contributed by atoms with Gasteiger partial charge in [0.15, 0.2) is 0 Å². The Labute approximate surface area is 107 Å². The first-order valence-corrected chi connectivity index (χ1v) is 6.62. The van der Waals surface area contributed by atoms with E-state index < -0.39 is 16.2 Å². The topological polar surface area (TPSA) is 77.9 Å². The van der Waals surface area contributed by atoms with E-state index in [1.807, 2.05) is 0 Å². The third-order valence-corrected chi connectivity index (χ3v) is 4.29. The molecule has 0 aliphatic heterocycles. The molecule has 18 heavy (non-hydrogen) atoms. The van der Waals surface area contributed by atoms with Gasteiger partial charge in [-0.15, -0.1) is 0 Å². The Hall–Kier alpha value is -1.60. The third kappa shape index (κ3) is 3.21. The standard InChI is InChI=1S/C11H16N2O4S/c1-12(2)18(16,17)13(3)10-6-4-9(5-7-10)8-11(14)15/h4-7H,8H2,1-3H3,(H,14,15). The lowest BCUT2D eigenvalue weighted by atomic mass is 10.1. The first-order chi connectivity index (χ1) is 8.25. The van der Waals surface area contributed by atoms with E-state index in [1.165, 1.54) is 21.1 Å². The zero-order valence-electron chi connectivity index (χ0n) is 10.5. The number of carboxylic acids is 1. The molecule has 1 N–H and O–H groups in total. The Morgan fingerprint density at radius 2 is 1.67 bits per heavy atom. The number of carbonyl (C=O) groups is 1. The van der Waals surface area contributed by atoms with Crippen LogP contribution in [0.1, 0.15) is 5.56 Å². The van der Waals surface area contributed by atoms with Gasteiger partial charge in [-0.1, -0.05) is 12.1 Å². The fraction of sp³-hybridized carbons (Fsp3) is 0.364. The molecule has 1 aromatic rings. The van der Waals surface area contributed by atoms with Gasteiger partial charge in [0, 0.05) is 21.1 Å². The maximum absolute atomic E-state index is 11.9. The highest BCUT2D eigenvalue weighted by atomic mass is 32.2. The maximum atomic E-state index is 11.9. The highest BCUT2D eigenvalue weighted by molar-refractivity contribution is 7.90. The van der Waals surface area contributed by atoms with Gasteiger partial charge in [-0.25, -0.2) is 0 Å². The predicted octanol–water partition coefficient (Wildman–Crippen LogP) is 0.556. The van der Waals surface area contributed by atoms with E-state index in [-0.39, 0.29) is 6.42 Å². The number of carboxylic acid groups (broad SMARTS) is 1. The minimum atomic E-state index is -3.52. The molecular formula is C11H16N2O4S. The average Bonchev–Trinajstić information content (AvgIpc) is 2.28. The number of hydrogen-bond acceptors (Lipinski definition) is 3. The SMILES string of the molecule is CN(C)S(=O)(=O)N(C)c1ccc(CC(=O)O)cc1. The molecule has 0 fully saturated rings. The predicted molar refractivity (Wildman–Crippen MR) is 68.8 cm³/mol. The van der Waals surface area contributed by atoms with Crippen molar-refractivity contribution >= 4 is 21.9 Å². The average molecular weight is 272 g/mol. The Balaban J connectivity index is 2.95. The minimum absolute atomic E-state index is 0.0789. The first kappa shape index (κ1) is 14.5. The molecule has 0 saturated heterocycles. The molecule has 0 saturated carbocycles. The van der Waals surface area contributed by atoms with E-state index in [2.05, 4.69) is 0 Å². The van der Waals surface area contributed by atoms with Gasteiger partial charge in [0.25, 0.3) is 0 Å². The number of rotatable bonds is 5. The van der Waals surface area contributed by atoms with Crippen molar-refractivity contribution in [3.63, 3.8) is 0 Å². The summed E-state index contributed by atoms with van der Waals surface area (Å²) in [6.07, 6.45) is -0.0789. The molecule has 0 amide bonds. The van der Waals surface area contributed by atoms with E-state index in [1.54, 1.807) is 24.3 Å². The summed E-state index contributed by atoms with van der Waals surface area (Å²) in [5.74, 6) is -0.919. The van der Waals surface area contributed by atoms with Crippen molar-refractivity contribution in [2.45, 2.75) is 6.42 Å². The fourth-order valence-corrected chi connectivity index (χ4v) is 2.25. The Bertz CT molecular complexity index is 522. The summed E-state index contributed by atoms with van der Waals surface area (Å²) in [6, 6.07) is 6.37. The second-order valence-corrected chi connectivity index (χ2v) is 6.17. The van der Waals surface area contributed by atoms with Crippen LogP contribution in [0.5, 0.6) is 0 Å². The maximum Gasteiger partial charge on any atom is 0.307 e. The summed E-state index contributed by atoms with van der Waals surface area (Å²) >= 11 is 0. The van der Waals surface area contributed by atoms with Crippen LogP contribution in [0.25, 0.3) is 0 Å². The summed E-state index contributed by atoms with van der Waals surface area (Å²) < 4.78 is 25.9. The molecule has 0 spiro atoms. The van der Waals surface area contributed by atoms with Gasteiger partial charge >= 0.3 is 16.2 Å². The van der Waals surface area contributed by atoms with Crippen LogP contribution in [0.15, 0.2) is 24.3 Å². The highest BCUT2D eigenvalue weighted by Gasteiger charge is 2.20. The quantitative estimate of drug-likeness (QED) is 0.849. The van der Waals surface area contributed by atoms with Crippen molar-refractivity contribution in [2.24, 2.45) is 0 Å². The van der Waals surface area contributed by atoms with Gasteiger partial charge < -0.3 is 5.11 Å². The summed E-state index contributed by atoms with van der Waals surface area (Å²) in [6.45, 7) is 0. The number of hydrogen-bond donors (Lipinski definition) is 1. The van der Waals surface area contributed by atoms with E-state index in [0.717, 1.165) is 8.61 Å². The molecule has 0 aromatic heterocycles. The van der Waals surface area contributed by atoms with Crippen molar-refractivity contribution in [3.05, 3.63) is 29.8 Å². The van der Waals surface area contributed by atoms with Gasteiger partial charge in [-0.05, 0) is 17.7 Å². The fourth-order valence-electron chi connectivity index (χ4n) is 1.38. The van der Waals surface area contributed by atoms with Gasteiger partial charge in [-0.3, -0.25) is 9.10 Å². The second kappa shape index (κ2) is 5.36. The molecule has 0 unspecified atom stereocenters. The lowest BCUT2D eigenvalue weighted by Gasteiger charge is -2.23. The molecule has 100 valence electrons. The van der Waals surface area contributed by atoms with Crippen molar-refractivity contribution in [1.82, 2.24) is 4.31 Å². The van der Waals surface area contributed by atoms with Gasteiger partial charge in [-0.2, -0.15) is 12.7 Å². The van der Waals surface area contributed by atoms with Crippen LogP contribution >= 0.6 is 0 Å². The van der Waals surface area contributed by atoms with E-state index in [0.29, 0.717) is 11.3 Å². The normalized spacial score (nSPS) is 11.6. The lowest BCUT2D eigenvalue weighted by Crippen LogP contribution is -2.37. The van der Waals surface area contributed by atoms with Gasteiger partial charge in [0.1, 0.15) is 0 Å². The zero-order valence-corrected chi connectivity index (χ0v) is 11.3. The van der Waals surface area contributed by atoms with Crippen LogP contribution in [0.4, 0.5) is 5.69 Å². The molecule has 0 bridgehead atoms. The number of nitrogens with zero attached hydrogens (tertiary/aromatic N) is 2. The Kier molecular flexibility index (Phi) is 4.31. The minimum Gasteiger partial charge on any atom is -0.481 e. The second-order valence-electron chi connectivity index (χ2n) is 3.99. The monoisotopic (exact) mass is 272 g/mol. The van der Waals surface area contributed by atoms with Crippen LogP contribution in [-0.2, 0) is 21.4 Å². The van der Waals surface area contributed by atoms with Crippen molar-refractivity contribution in [3.8, 4) is 0 Å². The molecule has 1 aromatic carbocycles. The van der Waals surface area contributed by atoms with E-state index in [9.17, 15) is 13.2 Å². The van der Waals surface area contributed by atoms with Crippen LogP contribution < -0.4 is 4.31 Å². The largest absolute Gasteiger partial charge is 0.481 e. The van der Waals surface area contributed by atoms with E-state index in [4.69, 9.17) is 5.11 Å². The summed E-state index contributed by atoms with van der Waals surface area (Å²) in [5, 5.41) is 8.63. The van der Waals surface area contributed by atoms with Crippen molar-refractivity contribution in [1.29, 1.82) is 0 Å². The van der Waals surface area contributed by atoms with Crippen molar-refractivity contribution < 1.29 is 18.3 Å². The molecule has 1 rings (SSSR count). The lowest BCUT2D eigenvalue weighted by molar-refractivity contribution is -0.136. The Morgan fingerprint density at radius 3 is 2.06 bits per heavy atom. The smallest absolute Gasteiger partial charge is 0.307 e. The molecule has 0 heterocycles. The molecule has 0 aliphatic carbocycles. The molecule has 6 nitrogen and oxygen atoms in total. The van der Waals surface area contributed by atoms with Crippen LogP contribution in [0.2, 0.25) is 0 Å². The van der Waals surface area contributed by atoms with Gasteiger partial charge in [0.2, 0.25) is 0 Å². The molecule has 0 aliphatic rings. The molecule has 7 heteroatoms. The van der Waals surface area contributed by atoms with Crippen LogP contribution in [-0.4, -0.2) is 44.9 Å². The number of benzene rings is 1. The number of anilines is 1. The highest BCUT2D eigenvalue weighted by Crippen LogP contribution is 2.18. The molecule has 0 atom stereocenters. The van der Waals surface area contributed by atoms with Crippen LogP contribution in [0.3, 0.4) is 0 Å². The number of aliphatic carboxylic acids is 1. The molecule has 0 radical (unpaired) electrons. The zero-order chi connectivity index (χ0) is 13.9. The van der Waals surface area contributed by atoms with Crippen LogP contribution in [0, 0.1) is 0 Å². The summed E-state index contributed by atoms with van der Waals surface area (Å²) in [7, 11) is 0.829. The first-order valence-electron chi connectivity index (χ1n) is 5.22. The van der Waals surface area contributed by atoms with Gasteiger partial charge in [0.05, 0.1) is 12.1 Å².